The van der Waals surface area contributed by atoms with Crippen LogP contribution in [0.3, 0.4) is 0 Å². The Balaban J connectivity index is 1.78. The van der Waals surface area contributed by atoms with E-state index >= 15 is 0 Å². The molecule has 1 aromatic heterocycles. The minimum atomic E-state index is -0.525. The molecule has 4 N–H and O–H groups in total. The van der Waals surface area contributed by atoms with Crippen LogP contribution in [0.1, 0.15) is 28.9 Å². The van der Waals surface area contributed by atoms with E-state index in [9.17, 15) is 9.59 Å². The predicted molar refractivity (Wildman–Crippen MR) is 104 cm³/mol. The number of amides is 2. The van der Waals surface area contributed by atoms with Gasteiger partial charge >= 0.3 is 0 Å². The van der Waals surface area contributed by atoms with Crippen molar-refractivity contribution in [3.05, 3.63) is 47.8 Å². The van der Waals surface area contributed by atoms with Gasteiger partial charge in [-0.05, 0) is 43.5 Å². The number of hydrogen-bond donors (Lipinski definition) is 3. The van der Waals surface area contributed by atoms with E-state index < -0.39 is 6.10 Å². The minimum Gasteiger partial charge on any atom is -0.455 e. The van der Waals surface area contributed by atoms with Gasteiger partial charge in [-0.3, -0.25) is 14.6 Å². The Kier molecular flexibility index (Phi) is 6.23. The van der Waals surface area contributed by atoms with Crippen molar-refractivity contribution in [2.75, 3.05) is 18.9 Å². The fourth-order valence-electron chi connectivity index (χ4n) is 2.96. The van der Waals surface area contributed by atoms with Crippen LogP contribution in [0.4, 0.5) is 5.69 Å². The molecule has 1 aliphatic rings. The summed E-state index contributed by atoms with van der Waals surface area (Å²) in [5.74, 6) is 0.368. The first-order chi connectivity index (χ1) is 13.5. The van der Waals surface area contributed by atoms with Gasteiger partial charge in [0.05, 0.1) is 11.8 Å². The molecule has 2 aromatic rings. The summed E-state index contributed by atoms with van der Waals surface area (Å²) in [5, 5.41) is 5.39. The first-order valence-corrected chi connectivity index (χ1v) is 9.13. The summed E-state index contributed by atoms with van der Waals surface area (Å²) in [6, 6.07) is 8.65. The third kappa shape index (κ3) is 4.65. The molecule has 2 atom stereocenters. The Morgan fingerprint density at radius 1 is 1.29 bits per heavy atom. The molecule has 0 spiro atoms. The van der Waals surface area contributed by atoms with Gasteiger partial charge in [0, 0.05) is 25.9 Å². The molecular weight excluding hydrogens is 360 g/mol. The lowest BCUT2D eigenvalue weighted by molar-refractivity contribution is -0.126. The van der Waals surface area contributed by atoms with Crippen molar-refractivity contribution in [2.24, 2.45) is 5.73 Å². The van der Waals surface area contributed by atoms with Gasteiger partial charge in [0.25, 0.3) is 11.8 Å². The fraction of sp³-hybridized carbons (Fsp3) is 0.350. The maximum atomic E-state index is 12.6. The smallest absolute Gasteiger partial charge is 0.269 e. The van der Waals surface area contributed by atoms with E-state index in [2.05, 4.69) is 15.6 Å². The molecule has 3 rings (SSSR count). The lowest BCUT2D eigenvalue weighted by Gasteiger charge is -2.16. The molecule has 1 aromatic carbocycles. The van der Waals surface area contributed by atoms with E-state index in [1.54, 1.807) is 18.2 Å². The van der Waals surface area contributed by atoms with E-state index in [1.807, 2.05) is 19.1 Å². The Labute approximate surface area is 163 Å². The summed E-state index contributed by atoms with van der Waals surface area (Å²) in [6.45, 7) is 2.32. The Morgan fingerprint density at radius 2 is 2.11 bits per heavy atom. The number of nitrogens with two attached hydrogens (primary N) is 1. The number of ether oxygens (including phenoxy) is 2. The molecule has 8 nitrogen and oxygen atoms in total. The molecule has 1 fully saturated rings. The third-order valence-electron chi connectivity index (χ3n) is 4.48. The number of rotatable bonds is 6. The molecule has 1 saturated heterocycles. The molecule has 2 amide bonds. The average molecular weight is 384 g/mol. The minimum absolute atomic E-state index is 0.0792. The number of benzene rings is 1. The monoisotopic (exact) mass is 384 g/mol. The predicted octanol–water partition coefficient (Wildman–Crippen LogP) is 1.99. The van der Waals surface area contributed by atoms with Crippen molar-refractivity contribution in [2.45, 2.75) is 32.0 Å². The summed E-state index contributed by atoms with van der Waals surface area (Å²) in [4.78, 5) is 28.3. The van der Waals surface area contributed by atoms with Crippen LogP contribution in [-0.2, 0) is 9.53 Å². The molecule has 8 heteroatoms. The number of anilines is 1. The quantitative estimate of drug-likeness (QED) is 0.701. The van der Waals surface area contributed by atoms with Crippen LogP contribution in [0, 0.1) is 6.92 Å². The maximum absolute atomic E-state index is 12.6. The molecule has 0 saturated carbocycles. The maximum Gasteiger partial charge on any atom is 0.269 e. The van der Waals surface area contributed by atoms with Crippen LogP contribution < -0.4 is 21.1 Å². The van der Waals surface area contributed by atoms with Gasteiger partial charge in [-0.2, -0.15) is 0 Å². The van der Waals surface area contributed by atoms with Crippen molar-refractivity contribution in [3.8, 4) is 11.5 Å². The first kappa shape index (κ1) is 19.8. The number of aryl methyl sites for hydroxylation is 1. The number of nitrogens with zero attached hydrogens (tertiary/aromatic N) is 1. The van der Waals surface area contributed by atoms with Crippen molar-refractivity contribution >= 4 is 17.5 Å². The highest BCUT2D eigenvalue weighted by molar-refractivity contribution is 5.96. The second kappa shape index (κ2) is 8.81. The average Bonchev–Trinajstić information content (AvgIpc) is 3.19. The molecule has 1 aliphatic heterocycles. The number of carbonyl (C=O) groups excluding carboxylic acids is 2. The van der Waals surface area contributed by atoms with Crippen molar-refractivity contribution in [1.82, 2.24) is 10.3 Å². The van der Waals surface area contributed by atoms with Gasteiger partial charge in [0.1, 0.15) is 17.5 Å². The highest BCUT2D eigenvalue weighted by Gasteiger charge is 2.30. The van der Waals surface area contributed by atoms with Crippen LogP contribution in [0.2, 0.25) is 0 Å². The van der Waals surface area contributed by atoms with Crippen molar-refractivity contribution < 1.29 is 19.1 Å². The summed E-state index contributed by atoms with van der Waals surface area (Å²) < 4.78 is 11.6. The largest absolute Gasteiger partial charge is 0.455 e. The topological polar surface area (TPSA) is 116 Å². The first-order valence-electron chi connectivity index (χ1n) is 9.13. The Bertz CT molecular complexity index is 871. The summed E-state index contributed by atoms with van der Waals surface area (Å²) in [6.07, 6.45) is 2.29. The van der Waals surface area contributed by atoms with Crippen LogP contribution >= 0.6 is 0 Å². The molecular formula is C20H24N4O4. The van der Waals surface area contributed by atoms with Gasteiger partial charge in [0.15, 0.2) is 5.75 Å². The second-order valence-electron chi connectivity index (χ2n) is 6.61. The summed E-state index contributed by atoms with van der Waals surface area (Å²) in [5.41, 5.74) is 7.34. The molecule has 0 aliphatic carbocycles. The number of nitrogens with one attached hydrogen (secondary N) is 2. The van der Waals surface area contributed by atoms with Crippen LogP contribution in [0.15, 0.2) is 36.5 Å². The van der Waals surface area contributed by atoms with Gasteiger partial charge in [-0.25, -0.2) is 0 Å². The Hall–Kier alpha value is -2.97. The standard InChI is InChI=1S/C20H24N4O4/c1-12-3-5-15(24-20(26)17-6-4-14(11-21)28-17)18(9-12)27-13-7-8-23-16(10-13)19(25)22-2/h3,5,7-10,14,17H,4,6,11,21H2,1-2H3,(H,22,25)(H,24,26)/t14-,17+/m1/s1. The van der Waals surface area contributed by atoms with E-state index in [-0.39, 0.29) is 23.6 Å². The van der Waals surface area contributed by atoms with E-state index in [0.717, 1.165) is 12.0 Å². The highest BCUT2D eigenvalue weighted by atomic mass is 16.5. The summed E-state index contributed by atoms with van der Waals surface area (Å²) >= 11 is 0. The zero-order valence-corrected chi connectivity index (χ0v) is 15.9. The number of pyridine rings is 1. The lowest BCUT2D eigenvalue weighted by Crippen LogP contribution is -2.29. The number of carbonyl (C=O) groups is 2. The van der Waals surface area contributed by atoms with E-state index in [0.29, 0.717) is 30.2 Å². The van der Waals surface area contributed by atoms with E-state index in [1.165, 1.54) is 13.2 Å². The zero-order chi connectivity index (χ0) is 20.1. The lowest BCUT2D eigenvalue weighted by atomic mass is 10.1. The number of hydrogen-bond acceptors (Lipinski definition) is 6. The SMILES string of the molecule is CNC(=O)c1cc(Oc2cc(C)ccc2NC(=O)[C@@H]2CC[C@H](CN)O2)ccn1. The normalized spacial score (nSPS) is 18.5. The van der Waals surface area contributed by atoms with E-state index in [4.69, 9.17) is 15.2 Å². The molecule has 0 unspecified atom stereocenters. The van der Waals surface area contributed by atoms with Gasteiger partial charge in [-0.1, -0.05) is 6.07 Å². The van der Waals surface area contributed by atoms with Gasteiger partial charge in [0.2, 0.25) is 0 Å². The highest BCUT2D eigenvalue weighted by Crippen LogP contribution is 2.31. The molecule has 0 bridgehead atoms. The second-order valence-corrected chi connectivity index (χ2v) is 6.61. The zero-order valence-electron chi connectivity index (χ0n) is 15.9. The van der Waals surface area contributed by atoms with Gasteiger partial charge < -0.3 is 25.8 Å². The van der Waals surface area contributed by atoms with Crippen LogP contribution in [0.25, 0.3) is 0 Å². The van der Waals surface area contributed by atoms with Crippen LogP contribution in [-0.4, -0.2) is 42.6 Å². The Morgan fingerprint density at radius 3 is 2.82 bits per heavy atom. The number of aromatic nitrogens is 1. The third-order valence-corrected chi connectivity index (χ3v) is 4.48. The molecule has 28 heavy (non-hydrogen) atoms. The van der Waals surface area contributed by atoms with Crippen molar-refractivity contribution in [3.63, 3.8) is 0 Å². The van der Waals surface area contributed by atoms with Crippen molar-refractivity contribution in [1.29, 1.82) is 0 Å². The van der Waals surface area contributed by atoms with Gasteiger partial charge in [-0.15, -0.1) is 0 Å². The molecule has 148 valence electrons. The summed E-state index contributed by atoms with van der Waals surface area (Å²) in [7, 11) is 1.53. The van der Waals surface area contributed by atoms with Crippen LogP contribution in [0.5, 0.6) is 11.5 Å². The molecule has 0 radical (unpaired) electrons. The molecule has 2 heterocycles. The fourth-order valence-corrected chi connectivity index (χ4v) is 2.96.